The van der Waals surface area contributed by atoms with Crippen LogP contribution < -0.4 is 14.2 Å². The maximum absolute atomic E-state index is 13.0. The van der Waals surface area contributed by atoms with Crippen molar-refractivity contribution in [1.29, 1.82) is 0 Å². The summed E-state index contributed by atoms with van der Waals surface area (Å²) in [6, 6.07) is 9.34. The van der Waals surface area contributed by atoms with Gasteiger partial charge < -0.3 is 19.3 Å². The number of esters is 1. The van der Waals surface area contributed by atoms with Crippen LogP contribution in [0.1, 0.15) is 49.9 Å². The zero-order chi connectivity index (χ0) is 24.0. The third-order valence-electron chi connectivity index (χ3n) is 4.89. The summed E-state index contributed by atoms with van der Waals surface area (Å²) in [5.74, 6) is -0.403. The number of halogens is 3. The zero-order valence-electron chi connectivity index (χ0n) is 18.4. The average Bonchev–Trinajstić information content (AvgIpc) is 2.77. The first-order chi connectivity index (χ1) is 15.8. The summed E-state index contributed by atoms with van der Waals surface area (Å²) in [6.07, 6.45) is 3.35. The largest absolute Gasteiger partial charge is 0.504 e. The van der Waals surface area contributed by atoms with E-state index in [0.29, 0.717) is 39.1 Å². The quantitative estimate of drug-likeness (QED) is 0.169. The van der Waals surface area contributed by atoms with E-state index >= 15 is 0 Å². The van der Waals surface area contributed by atoms with Gasteiger partial charge in [0, 0.05) is 25.8 Å². The molecule has 0 spiro atoms. The summed E-state index contributed by atoms with van der Waals surface area (Å²) >= 11 is 18.3. The van der Waals surface area contributed by atoms with E-state index in [9.17, 15) is 9.90 Å². The molecule has 0 aromatic heterocycles. The first-order valence-corrected chi connectivity index (χ1v) is 11.9. The Morgan fingerprint density at radius 3 is 2.00 bits per heavy atom. The van der Waals surface area contributed by atoms with Gasteiger partial charge in [0.1, 0.15) is 0 Å². The highest BCUT2D eigenvalue weighted by molar-refractivity contribution is 6.35. The Hall–Kier alpha value is -2.34. The normalized spacial score (nSPS) is 10.9. The van der Waals surface area contributed by atoms with E-state index in [1.54, 1.807) is 18.2 Å². The molecule has 0 radical (unpaired) electrons. The molecule has 0 saturated heterocycles. The third-order valence-corrected chi connectivity index (χ3v) is 5.56. The van der Waals surface area contributed by atoms with E-state index in [0.717, 1.165) is 25.7 Å². The van der Waals surface area contributed by atoms with Gasteiger partial charge in [-0.05, 0) is 49.2 Å². The number of rotatable bonds is 10. The molecule has 0 aliphatic carbocycles. The van der Waals surface area contributed by atoms with Crippen LogP contribution in [-0.4, -0.2) is 24.3 Å². The van der Waals surface area contributed by atoms with Crippen LogP contribution in [0.15, 0.2) is 36.4 Å². The highest BCUT2D eigenvalue weighted by Crippen LogP contribution is 2.51. The van der Waals surface area contributed by atoms with Gasteiger partial charge >= 0.3 is 5.97 Å². The van der Waals surface area contributed by atoms with Gasteiger partial charge in [0.25, 0.3) is 0 Å². The Balaban J connectivity index is 2.17. The maximum Gasteiger partial charge on any atom is 0.343 e. The summed E-state index contributed by atoms with van der Waals surface area (Å²) in [6.45, 7) is 4.78. The molecule has 0 fully saturated rings. The second kappa shape index (κ2) is 11.7. The van der Waals surface area contributed by atoms with Gasteiger partial charge in [-0.1, -0.05) is 61.5 Å². The summed E-state index contributed by atoms with van der Waals surface area (Å²) < 4.78 is 17.7. The van der Waals surface area contributed by atoms with Crippen molar-refractivity contribution in [3.63, 3.8) is 0 Å². The molecule has 33 heavy (non-hydrogen) atoms. The van der Waals surface area contributed by atoms with E-state index in [4.69, 9.17) is 49.0 Å². The Morgan fingerprint density at radius 1 is 0.788 bits per heavy atom. The highest BCUT2D eigenvalue weighted by Gasteiger charge is 2.26. The zero-order valence-corrected chi connectivity index (χ0v) is 20.7. The predicted octanol–water partition coefficient (Wildman–Crippen LogP) is 8.08. The summed E-state index contributed by atoms with van der Waals surface area (Å²) in [4.78, 5) is 13.0. The number of carbonyl (C=O) groups is 1. The first-order valence-electron chi connectivity index (χ1n) is 10.8. The van der Waals surface area contributed by atoms with E-state index in [1.807, 2.05) is 13.8 Å². The van der Waals surface area contributed by atoms with Gasteiger partial charge in [-0.2, -0.15) is 0 Å². The van der Waals surface area contributed by atoms with Gasteiger partial charge in [0.05, 0.1) is 18.8 Å². The number of carbonyl (C=O) groups excluding carboxylic acids is 1. The SMILES string of the molecule is CCCCOc1c(OCCCC)c(OC(=O)c2cc(Cl)cc(Cl)c2)c2ccc(Cl)cc2c1O. The Kier molecular flexibility index (Phi) is 8.95. The topological polar surface area (TPSA) is 65.0 Å². The number of hydrogen-bond acceptors (Lipinski definition) is 5. The number of benzene rings is 3. The van der Waals surface area contributed by atoms with Crippen LogP contribution >= 0.6 is 34.8 Å². The van der Waals surface area contributed by atoms with Gasteiger partial charge in [-0.15, -0.1) is 0 Å². The van der Waals surface area contributed by atoms with Crippen LogP contribution in [0.3, 0.4) is 0 Å². The Bertz CT molecular complexity index is 1130. The molecule has 8 heteroatoms. The lowest BCUT2D eigenvalue weighted by atomic mass is 10.1. The lowest BCUT2D eigenvalue weighted by Gasteiger charge is -2.20. The minimum Gasteiger partial charge on any atom is -0.504 e. The van der Waals surface area contributed by atoms with Crippen LogP contribution in [0, 0.1) is 0 Å². The monoisotopic (exact) mass is 510 g/mol. The molecule has 0 amide bonds. The molecule has 0 heterocycles. The molecule has 0 saturated carbocycles. The van der Waals surface area contributed by atoms with Crippen molar-refractivity contribution >= 4 is 51.5 Å². The number of ether oxygens (including phenoxy) is 3. The molecule has 0 atom stereocenters. The molecule has 0 aliphatic rings. The van der Waals surface area contributed by atoms with E-state index < -0.39 is 5.97 Å². The molecule has 0 aliphatic heterocycles. The minimum absolute atomic E-state index is 0.112. The molecular weight excluding hydrogens is 487 g/mol. The number of hydrogen-bond donors (Lipinski definition) is 1. The smallest absolute Gasteiger partial charge is 0.343 e. The molecule has 0 unspecified atom stereocenters. The average molecular weight is 512 g/mol. The fraction of sp³-hybridized carbons (Fsp3) is 0.320. The molecule has 176 valence electrons. The molecule has 1 N–H and O–H groups in total. The number of fused-ring (bicyclic) bond motifs is 1. The number of aromatic hydroxyl groups is 1. The number of phenolic OH excluding ortho intramolecular Hbond substituents is 1. The lowest BCUT2D eigenvalue weighted by Crippen LogP contribution is -2.12. The lowest BCUT2D eigenvalue weighted by molar-refractivity contribution is 0.0729. The Morgan fingerprint density at radius 2 is 1.39 bits per heavy atom. The van der Waals surface area contributed by atoms with Crippen molar-refractivity contribution in [3.05, 3.63) is 57.0 Å². The third kappa shape index (κ3) is 6.17. The van der Waals surface area contributed by atoms with E-state index in [-0.39, 0.29) is 28.6 Å². The van der Waals surface area contributed by atoms with Crippen molar-refractivity contribution in [2.75, 3.05) is 13.2 Å². The van der Waals surface area contributed by atoms with Crippen LogP contribution in [0.2, 0.25) is 15.1 Å². The number of unbranched alkanes of at least 4 members (excludes halogenated alkanes) is 2. The number of phenols is 1. The first kappa shape index (κ1) is 25.3. The van der Waals surface area contributed by atoms with Crippen LogP contribution in [-0.2, 0) is 0 Å². The second-order valence-electron chi connectivity index (χ2n) is 7.48. The fourth-order valence-corrected chi connectivity index (χ4v) is 3.89. The summed E-state index contributed by atoms with van der Waals surface area (Å²) in [5.41, 5.74) is 0.177. The molecule has 0 bridgehead atoms. The van der Waals surface area contributed by atoms with Gasteiger partial charge in [0.15, 0.2) is 11.5 Å². The summed E-state index contributed by atoms with van der Waals surface area (Å²) in [7, 11) is 0. The van der Waals surface area contributed by atoms with Crippen molar-refractivity contribution in [1.82, 2.24) is 0 Å². The highest BCUT2D eigenvalue weighted by atomic mass is 35.5. The molecule has 3 aromatic carbocycles. The van der Waals surface area contributed by atoms with Gasteiger partial charge in [-0.3, -0.25) is 0 Å². The fourth-order valence-electron chi connectivity index (χ4n) is 3.19. The van der Waals surface area contributed by atoms with E-state index in [2.05, 4.69) is 0 Å². The van der Waals surface area contributed by atoms with Crippen LogP contribution in [0.25, 0.3) is 10.8 Å². The second-order valence-corrected chi connectivity index (χ2v) is 8.79. The molecular formula is C25H25Cl3O5. The molecule has 3 rings (SSSR count). The van der Waals surface area contributed by atoms with Crippen molar-refractivity contribution in [2.45, 2.75) is 39.5 Å². The van der Waals surface area contributed by atoms with Gasteiger partial charge in [0.2, 0.25) is 11.5 Å². The van der Waals surface area contributed by atoms with Crippen LogP contribution in [0.4, 0.5) is 0 Å². The summed E-state index contributed by atoms with van der Waals surface area (Å²) in [5, 5.41) is 12.9. The molecule has 5 nitrogen and oxygen atoms in total. The Labute approximate surface area is 208 Å². The minimum atomic E-state index is -0.679. The molecule has 3 aromatic rings. The van der Waals surface area contributed by atoms with Crippen molar-refractivity contribution in [2.24, 2.45) is 0 Å². The standard InChI is InChI=1S/C25H25Cl3O5/c1-3-5-9-31-23-21(29)20-14-16(26)7-8-19(20)22(24(23)32-10-6-4-2)33-25(30)15-11-17(27)13-18(28)12-15/h7-8,11-14,29H,3-6,9-10H2,1-2H3. The van der Waals surface area contributed by atoms with E-state index in [1.165, 1.54) is 18.2 Å². The van der Waals surface area contributed by atoms with Crippen molar-refractivity contribution < 1.29 is 24.1 Å². The van der Waals surface area contributed by atoms with Crippen LogP contribution in [0.5, 0.6) is 23.0 Å². The van der Waals surface area contributed by atoms with Gasteiger partial charge in [-0.25, -0.2) is 4.79 Å². The maximum atomic E-state index is 13.0. The predicted molar refractivity (Wildman–Crippen MR) is 133 cm³/mol. The van der Waals surface area contributed by atoms with Crippen molar-refractivity contribution in [3.8, 4) is 23.0 Å².